The number of morpholine rings is 1. The van der Waals surface area contributed by atoms with Crippen molar-refractivity contribution in [2.24, 2.45) is 0 Å². The van der Waals surface area contributed by atoms with Gasteiger partial charge in [-0.25, -0.2) is 0 Å². The maximum Gasteiger partial charge on any atom is 0.313 e. The second kappa shape index (κ2) is 6.58. The lowest BCUT2D eigenvalue weighted by atomic mass is 10.2. The first-order valence-corrected chi connectivity index (χ1v) is 7.68. The van der Waals surface area contributed by atoms with Gasteiger partial charge in [0.15, 0.2) is 0 Å². The van der Waals surface area contributed by atoms with Crippen molar-refractivity contribution in [3.8, 4) is 0 Å². The molecule has 1 aliphatic heterocycles. The number of nitrogens with one attached hydrogen (secondary N) is 1. The van der Waals surface area contributed by atoms with Gasteiger partial charge in [0.2, 0.25) is 0 Å². The van der Waals surface area contributed by atoms with Gasteiger partial charge < -0.3 is 15.0 Å². The summed E-state index contributed by atoms with van der Waals surface area (Å²) in [6.45, 7) is 6.59. The van der Waals surface area contributed by atoms with Crippen LogP contribution in [0.25, 0.3) is 0 Å². The summed E-state index contributed by atoms with van der Waals surface area (Å²) in [4.78, 5) is 25.8. The van der Waals surface area contributed by atoms with Gasteiger partial charge in [-0.2, -0.15) is 0 Å². The van der Waals surface area contributed by atoms with Crippen molar-refractivity contribution in [1.82, 2.24) is 4.90 Å². The standard InChI is InChI=1S/C15H19BrN2O3/c1-9-6-12(4-5-13(9)16)17-14(19)15(20)18-7-10(2)21-11(3)8-18/h4-6,10-11H,7-8H2,1-3H3,(H,17,19). The largest absolute Gasteiger partial charge is 0.372 e. The molecule has 0 aliphatic carbocycles. The predicted molar refractivity (Wildman–Crippen MR) is 84.1 cm³/mol. The maximum absolute atomic E-state index is 12.2. The summed E-state index contributed by atoms with van der Waals surface area (Å²) in [6, 6.07) is 5.42. The average molecular weight is 355 g/mol. The molecular formula is C15H19BrN2O3. The molecule has 0 aromatic heterocycles. The van der Waals surface area contributed by atoms with E-state index in [2.05, 4.69) is 21.2 Å². The lowest BCUT2D eigenvalue weighted by molar-refractivity contribution is -0.151. The zero-order valence-electron chi connectivity index (χ0n) is 12.4. The minimum Gasteiger partial charge on any atom is -0.372 e. The van der Waals surface area contributed by atoms with E-state index in [1.807, 2.05) is 32.9 Å². The lowest BCUT2D eigenvalue weighted by Crippen LogP contribution is -2.51. The van der Waals surface area contributed by atoms with E-state index < -0.39 is 11.8 Å². The number of carbonyl (C=O) groups excluding carboxylic acids is 2. The normalized spacial score (nSPS) is 22.0. The Hall–Kier alpha value is -1.40. The second-order valence-electron chi connectivity index (χ2n) is 5.39. The van der Waals surface area contributed by atoms with E-state index in [1.165, 1.54) is 0 Å². The summed E-state index contributed by atoms with van der Waals surface area (Å²) in [5.74, 6) is -1.13. The molecule has 0 saturated carbocycles. The average Bonchev–Trinajstić information content (AvgIpc) is 2.41. The molecule has 21 heavy (non-hydrogen) atoms. The molecule has 5 nitrogen and oxygen atoms in total. The van der Waals surface area contributed by atoms with Crippen molar-refractivity contribution in [1.29, 1.82) is 0 Å². The van der Waals surface area contributed by atoms with Gasteiger partial charge >= 0.3 is 11.8 Å². The molecule has 1 saturated heterocycles. The Kier molecular flexibility index (Phi) is 5.00. The highest BCUT2D eigenvalue weighted by Gasteiger charge is 2.29. The van der Waals surface area contributed by atoms with Gasteiger partial charge in [-0.05, 0) is 44.5 Å². The van der Waals surface area contributed by atoms with Gasteiger partial charge in [0.1, 0.15) is 0 Å². The molecule has 0 bridgehead atoms. The molecule has 1 N–H and O–H groups in total. The molecule has 1 heterocycles. The molecule has 0 radical (unpaired) electrons. The van der Waals surface area contributed by atoms with Gasteiger partial charge in [-0.15, -0.1) is 0 Å². The maximum atomic E-state index is 12.2. The van der Waals surface area contributed by atoms with Crippen molar-refractivity contribution in [3.63, 3.8) is 0 Å². The van der Waals surface area contributed by atoms with Crippen LogP contribution in [0.2, 0.25) is 0 Å². The van der Waals surface area contributed by atoms with Crippen molar-refractivity contribution in [3.05, 3.63) is 28.2 Å². The molecule has 1 aromatic carbocycles. The predicted octanol–water partition coefficient (Wildman–Crippen LogP) is 2.33. The van der Waals surface area contributed by atoms with Crippen molar-refractivity contribution in [2.75, 3.05) is 18.4 Å². The first-order valence-electron chi connectivity index (χ1n) is 6.88. The molecule has 2 amide bonds. The third-order valence-corrected chi connectivity index (χ3v) is 4.21. The number of anilines is 1. The van der Waals surface area contributed by atoms with Crippen LogP contribution in [0.3, 0.4) is 0 Å². The van der Waals surface area contributed by atoms with Crippen molar-refractivity contribution in [2.45, 2.75) is 33.0 Å². The molecule has 6 heteroatoms. The number of amides is 2. The van der Waals surface area contributed by atoms with Crippen LogP contribution in [0.1, 0.15) is 19.4 Å². The zero-order valence-corrected chi connectivity index (χ0v) is 13.9. The van der Waals surface area contributed by atoms with E-state index in [4.69, 9.17) is 4.74 Å². The molecule has 0 spiro atoms. The van der Waals surface area contributed by atoms with Crippen molar-refractivity contribution >= 4 is 33.4 Å². The van der Waals surface area contributed by atoms with Crippen LogP contribution >= 0.6 is 15.9 Å². The second-order valence-corrected chi connectivity index (χ2v) is 6.24. The van der Waals surface area contributed by atoms with Gasteiger partial charge in [0, 0.05) is 23.2 Å². The zero-order chi connectivity index (χ0) is 15.6. The number of carbonyl (C=O) groups is 2. The fourth-order valence-corrected chi connectivity index (χ4v) is 2.64. The third kappa shape index (κ3) is 4.04. The van der Waals surface area contributed by atoms with Gasteiger partial charge in [-0.1, -0.05) is 15.9 Å². The van der Waals surface area contributed by atoms with E-state index in [0.29, 0.717) is 18.8 Å². The highest BCUT2D eigenvalue weighted by Crippen LogP contribution is 2.20. The van der Waals surface area contributed by atoms with Crippen LogP contribution in [0.4, 0.5) is 5.69 Å². The lowest BCUT2D eigenvalue weighted by Gasteiger charge is -2.34. The quantitative estimate of drug-likeness (QED) is 0.787. The summed E-state index contributed by atoms with van der Waals surface area (Å²) in [5, 5.41) is 2.64. The van der Waals surface area contributed by atoms with Crippen LogP contribution in [-0.4, -0.2) is 42.0 Å². The minimum absolute atomic E-state index is 0.0552. The summed E-state index contributed by atoms with van der Waals surface area (Å²) >= 11 is 3.40. The van der Waals surface area contributed by atoms with Crippen molar-refractivity contribution < 1.29 is 14.3 Å². The Balaban J connectivity index is 2.02. The van der Waals surface area contributed by atoms with E-state index in [-0.39, 0.29) is 12.2 Å². The van der Waals surface area contributed by atoms with Gasteiger partial charge in [-0.3, -0.25) is 9.59 Å². The molecule has 1 aromatic rings. The number of benzene rings is 1. The molecule has 1 fully saturated rings. The summed E-state index contributed by atoms with van der Waals surface area (Å²) in [7, 11) is 0. The Morgan fingerprint density at radius 3 is 2.48 bits per heavy atom. The monoisotopic (exact) mass is 354 g/mol. The molecule has 114 valence electrons. The van der Waals surface area contributed by atoms with Crippen LogP contribution in [0.5, 0.6) is 0 Å². The first kappa shape index (κ1) is 16.0. The van der Waals surface area contributed by atoms with E-state index in [0.717, 1.165) is 10.0 Å². The molecule has 2 unspecified atom stereocenters. The number of halogens is 1. The molecule has 2 rings (SSSR count). The molecular weight excluding hydrogens is 336 g/mol. The van der Waals surface area contributed by atoms with E-state index >= 15 is 0 Å². The van der Waals surface area contributed by atoms with Crippen LogP contribution in [0, 0.1) is 6.92 Å². The van der Waals surface area contributed by atoms with E-state index in [1.54, 1.807) is 11.0 Å². The Labute approximate surface area is 132 Å². The number of aryl methyl sites for hydroxylation is 1. The van der Waals surface area contributed by atoms with Gasteiger partial charge in [0.25, 0.3) is 0 Å². The first-order chi connectivity index (χ1) is 9.86. The Bertz CT molecular complexity index is 552. The summed E-state index contributed by atoms with van der Waals surface area (Å²) in [5.41, 5.74) is 1.61. The van der Waals surface area contributed by atoms with Crippen LogP contribution < -0.4 is 5.32 Å². The fourth-order valence-electron chi connectivity index (χ4n) is 2.39. The van der Waals surface area contributed by atoms with Crippen LogP contribution in [-0.2, 0) is 14.3 Å². The third-order valence-electron chi connectivity index (χ3n) is 3.32. The number of ether oxygens (including phenoxy) is 1. The highest BCUT2D eigenvalue weighted by molar-refractivity contribution is 9.10. The number of nitrogens with zero attached hydrogens (tertiary/aromatic N) is 1. The Morgan fingerprint density at radius 1 is 1.29 bits per heavy atom. The number of rotatable bonds is 1. The van der Waals surface area contributed by atoms with E-state index in [9.17, 15) is 9.59 Å². The summed E-state index contributed by atoms with van der Waals surface area (Å²) in [6.07, 6.45) is -0.110. The minimum atomic E-state index is -0.613. The summed E-state index contributed by atoms with van der Waals surface area (Å²) < 4.78 is 6.52. The fraction of sp³-hybridized carbons (Fsp3) is 0.467. The molecule has 1 aliphatic rings. The SMILES string of the molecule is Cc1cc(NC(=O)C(=O)N2CC(C)OC(C)C2)ccc1Br. The smallest absolute Gasteiger partial charge is 0.313 e. The Morgan fingerprint density at radius 2 is 1.90 bits per heavy atom. The number of hydrogen-bond acceptors (Lipinski definition) is 3. The topological polar surface area (TPSA) is 58.6 Å². The molecule has 2 atom stereocenters. The van der Waals surface area contributed by atoms with Crippen LogP contribution in [0.15, 0.2) is 22.7 Å². The van der Waals surface area contributed by atoms with Gasteiger partial charge in [0.05, 0.1) is 12.2 Å². The highest BCUT2D eigenvalue weighted by atomic mass is 79.9. The number of hydrogen-bond donors (Lipinski definition) is 1.